The summed E-state index contributed by atoms with van der Waals surface area (Å²) >= 11 is 0. The molecule has 0 saturated heterocycles. The molecule has 0 unspecified atom stereocenters. The fraction of sp³-hybridized carbons (Fsp3) is 0.611. The molecule has 1 fully saturated rings. The van der Waals surface area contributed by atoms with E-state index in [0.717, 1.165) is 36.6 Å². The second-order valence-electron chi connectivity index (χ2n) is 6.16. The van der Waals surface area contributed by atoms with Gasteiger partial charge in [-0.15, -0.1) is 0 Å². The molecule has 2 rings (SSSR count). The number of rotatable bonds is 7. The van der Waals surface area contributed by atoms with Gasteiger partial charge >= 0.3 is 0 Å². The van der Waals surface area contributed by atoms with E-state index in [4.69, 9.17) is 5.73 Å². The Kier molecular flexibility index (Phi) is 6.24. The van der Waals surface area contributed by atoms with Crippen LogP contribution in [0.3, 0.4) is 0 Å². The van der Waals surface area contributed by atoms with E-state index in [2.05, 4.69) is 13.0 Å². The molecule has 1 aromatic rings. The molecule has 0 radical (unpaired) electrons. The molecule has 1 saturated carbocycles. The van der Waals surface area contributed by atoms with Crippen LogP contribution in [-0.4, -0.2) is 19.0 Å². The third-order valence-electron chi connectivity index (χ3n) is 4.53. The predicted octanol–water partition coefficient (Wildman–Crippen LogP) is 3.65. The van der Waals surface area contributed by atoms with Gasteiger partial charge in [-0.3, -0.25) is 4.79 Å². The summed E-state index contributed by atoms with van der Waals surface area (Å²) in [5, 5.41) is 0. The Morgan fingerprint density at radius 1 is 1.29 bits per heavy atom. The highest BCUT2D eigenvalue weighted by Crippen LogP contribution is 2.29. The van der Waals surface area contributed by atoms with Gasteiger partial charge in [0.2, 0.25) is 5.91 Å². The quantitative estimate of drug-likeness (QED) is 0.832. The molecule has 2 N–H and O–H groups in total. The predicted molar refractivity (Wildman–Crippen MR) is 88.4 cm³/mol. The summed E-state index contributed by atoms with van der Waals surface area (Å²) in [6.07, 6.45) is 7.86. The molecule has 116 valence electrons. The second-order valence-corrected chi connectivity index (χ2v) is 6.16. The molecular formula is C18H28N2O. The monoisotopic (exact) mass is 288 g/mol. The lowest BCUT2D eigenvalue weighted by Crippen LogP contribution is -2.33. The van der Waals surface area contributed by atoms with Gasteiger partial charge < -0.3 is 10.6 Å². The second kappa shape index (κ2) is 8.18. The van der Waals surface area contributed by atoms with Gasteiger partial charge in [-0.05, 0) is 43.9 Å². The highest BCUT2D eigenvalue weighted by Gasteiger charge is 2.20. The summed E-state index contributed by atoms with van der Waals surface area (Å²) in [7, 11) is 0. The third-order valence-corrected chi connectivity index (χ3v) is 4.53. The summed E-state index contributed by atoms with van der Waals surface area (Å²) in [6.45, 7) is 3.41. The van der Waals surface area contributed by atoms with Crippen LogP contribution in [0.25, 0.3) is 0 Å². The molecular weight excluding hydrogens is 260 g/mol. The molecule has 0 atom stereocenters. The number of anilines is 1. The summed E-state index contributed by atoms with van der Waals surface area (Å²) in [4.78, 5) is 14.6. The van der Waals surface area contributed by atoms with Crippen LogP contribution in [-0.2, 0) is 4.79 Å². The maximum Gasteiger partial charge on any atom is 0.226 e. The van der Waals surface area contributed by atoms with E-state index >= 15 is 0 Å². The van der Waals surface area contributed by atoms with Gasteiger partial charge in [0.25, 0.3) is 0 Å². The van der Waals surface area contributed by atoms with E-state index in [-0.39, 0.29) is 5.91 Å². The minimum absolute atomic E-state index is 0.254. The molecule has 1 aliphatic carbocycles. The average molecular weight is 288 g/mol. The van der Waals surface area contributed by atoms with Crippen LogP contribution < -0.4 is 10.6 Å². The Hall–Kier alpha value is -1.35. The molecule has 1 aromatic carbocycles. The maximum atomic E-state index is 12.6. The fourth-order valence-corrected chi connectivity index (χ4v) is 3.26. The smallest absolute Gasteiger partial charge is 0.226 e. The number of amides is 1. The van der Waals surface area contributed by atoms with Crippen molar-refractivity contribution in [2.24, 2.45) is 11.7 Å². The number of hydrogen-bond acceptors (Lipinski definition) is 2. The summed E-state index contributed by atoms with van der Waals surface area (Å²) in [6, 6.07) is 8.12. The minimum Gasteiger partial charge on any atom is -0.330 e. The molecule has 21 heavy (non-hydrogen) atoms. The van der Waals surface area contributed by atoms with E-state index in [1.54, 1.807) is 0 Å². The van der Waals surface area contributed by atoms with Gasteiger partial charge in [-0.25, -0.2) is 0 Å². The molecule has 0 aromatic heterocycles. The first-order valence-electron chi connectivity index (χ1n) is 8.28. The van der Waals surface area contributed by atoms with Crippen LogP contribution in [0.5, 0.6) is 0 Å². The van der Waals surface area contributed by atoms with Crippen molar-refractivity contribution in [1.29, 1.82) is 0 Å². The summed E-state index contributed by atoms with van der Waals surface area (Å²) < 4.78 is 0. The summed E-state index contributed by atoms with van der Waals surface area (Å²) in [5.41, 5.74) is 7.83. The van der Waals surface area contributed by atoms with Crippen molar-refractivity contribution < 1.29 is 4.79 Å². The van der Waals surface area contributed by atoms with Gasteiger partial charge in [-0.2, -0.15) is 0 Å². The highest BCUT2D eigenvalue weighted by atomic mass is 16.2. The molecule has 0 aliphatic heterocycles. The Labute approximate surface area is 128 Å². The normalized spacial score (nSPS) is 15.3. The zero-order valence-corrected chi connectivity index (χ0v) is 13.2. The van der Waals surface area contributed by atoms with Gasteiger partial charge in [0.15, 0.2) is 0 Å². The fourth-order valence-electron chi connectivity index (χ4n) is 3.26. The Morgan fingerprint density at radius 2 is 2.00 bits per heavy atom. The van der Waals surface area contributed by atoms with E-state index in [1.807, 2.05) is 23.1 Å². The number of benzene rings is 1. The van der Waals surface area contributed by atoms with Crippen molar-refractivity contribution in [3.63, 3.8) is 0 Å². The SMILES string of the molecule is Cc1ccccc1N(CCCN)C(=O)CCC1CCCC1. The zero-order valence-electron chi connectivity index (χ0n) is 13.2. The molecule has 0 spiro atoms. The molecule has 1 aliphatic rings. The number of carbonyl (C=O) groups is 1. The van der Waals surface area contributed by atoms with Crippen LogP contribution in [0.1, 0.15) is 50.5 Å². The third kappa shape index (κ3) is 4.57. The number of para-hydroxylation sites is 1. The highest BCUT2D eigenvalue weighted by molar-refractivity contribution is 5.94. The average Bonchev–Trinajstić information content (AvgIpc) is 3.00. The van der Waals surface area contributed by atoms with Crippen molar-refractivity contribution in [3.05, 3.63) is 29.8 Å². The van der Waals surface area contributed by atoms with Crippen molar-refractivity contribution in [2.45, 2.75) is 51.9 Å². The first kappa shape index (κ1) is 16.0. The number of carbonyl (C=O) groups excluding carboxylic acids is 1. The first-order chi connectivity index (χ1) is 10.2. The number of hydrogen-bond donors (Lipinski definition) is 1. The van der Waals surface area contributed by atoms with Crippen LogP contribution >= 0.6 is 0 Å². The molecule has 3 heteroatoms. The van der Waals surface area contributed by atoms with E-state index in [0.29, 0.717) is 13.0 Å². The molecule has 0 bridgehead atoms. The topological polar surface area (TPSA) is 46.3 Å². The lowest BCUT2D eigenvalue weighted by molar-refractivity contribution is -0.118. The number of nitrogens with zero attached hydrogens (tertiary/aromatic N) is 1. The van der Waals surface area contributed by atoms with Crippen molar-refractivity contribution in [2.75, 3.05) is 18.0 Å². The largest absolute Gasteiger partial charge is 0.330 e. The van der Waals surface area contributed by atoms with Gasteiger partial charge in [-0.1, -0.05) is 43.9 Å². The number of nitrogens with two attached hydrogens (primary N) is 1. The van der Waals surface area contributed by atoms with Crippen LogP contribution in [0.2, 0.25) is 0 Å². The molecule has 3 nitrogen and oxygen atoms in total. The molecule has 1 amide bonds. The first-order valence-corrected chi connectivity index (χ1v) is 8.28. The van der Waals surface area contributed by atoms with Gasteiger partial charge in [0.05, 0.1) is 0 Å². The lowest BCUT2D eigenvalue weighted by atomic mass is 10.0. The van der Waals surface area contributed by atoms with Crippen LogP contribution in [0.15, 0.2) is 24.3 Å². The molecule has 0 heterocycles. The van der Waals surface area contributed by atoms with E-state index in [1.165, 1.54) is 25.7 Å². The Bertz CT molecular complexity index is 452. The van der Waals surface area contributed by atoms with Gasteiger partial charge in [0.1, 0.15) is 0 Å². The van der Waals surface area contributed by atoms with Crippen LogP contribution in [0.4, 0.5) is 5.69 Å². The Balaban J connectivity index is 2.00. The van der Waals surface area contributed by atoms with Crippen LogP contribution in [0, 0.1) is 12.8 Å². The zero-order chi connectivity index (χ0) is 15.1. The van der Waals surface area contributed by atoms with Gasteiger partial charge in [0, 0.05) is 18.7 Å². The van der Waals surface area contributed by atoms with E-state index in [9.17, 15) is 4.79 Å². The lowest BCUT2D eigenvalue weighted by Gasteiger charge is -2.25. The van der Waals surface area contributed by atoms with Crippen molar-refractivity contribution in [1.82, 2.24) is 0 Å². The standard InChI is InChI=1S/C18H28N2O/c1-15-7-2-5-10-17(15)20(14-6-13-19)18(21)12-11-16-8-3-4-9-16/h2,5,7,10,16H,3-4,6,8-9,11-14,19H2,1H3. The maximum absolute atomic E-state index is 12.6. The Morgan fingerprint density at radius 3 is 2.67 bits per heavy atom. The van der Waals surface area contributed by atoms with E-state index < -0.39 is 0 Å². The number of aryl methyl sites for hydroxylation is 1. The summed E-state index contributed by atoms with van der Waals surface area (Å²) in [5.74, 6) is 1.02. The van der Waals surface area contributed by atoms with Crippen molar-refractivity contribution in [3.8, 4) is 0 Å². The van der Waals surface area contributed by atoms with Crippen molar-refractivity contribution >= 4 is 11.6 Å². The minimum atomic E-state index is 0.254.